The molecule has 0 aliphatic heterocycles. The molecular weight excluding hydrogens is 202 g/mol. The first-order valence-electron chi connectivity index (χ1n) is 5.46. The topological polar surface area (TPSA) is 53.1 Å². The summed E-state index contributed by atoms with van der Waals surface area (Å²) in [6.45, 7) is 3.79. The molecule has 0 aliphatic carbocycles. The molecule has 2 aromatic rings. The van der Waals surface area contributed by atoms with Gasteiger partial charge >= 0.3 is 5.97 Å². The Bertz CT molecular complexity index is 528. The van der Waals surface area contributed by atoms with Crippen molar-refractivity contribution in [2.45, 2.75) is 26.2 Å². The van der Waals surface area contributed by atoms with Gasteiger partial charge in [-0.2, -0.15) is 0 Å². The van der Waals surface area contributed by atoms with Gasteiger partial charge in [-0.15, -0.1) is 0 Å². The van der Waals surface area contributed by atoms with Crippen LogP contribution in [0.5, 0.6) is 0 Å². The van der Waals surface area contributed by atoms with Crippen LogP contribution in [0.4, 0.5) is 0 Å². The van der Waals surface area contributed by atoms with E-state index in [9.17, 15) is 4.79 Å². The molecule has 1 aromatic carbocycles. The van der Waals surface area contributed by atoms with Crippen LogP contribution in [-0.4, -0.2) is 16.1 Å². The molecule has 1 unspecified atom stereocenters. The third-order valence-electron chi connectivity index (χ3n) is 2.95. The molecule has 0 saturated carbocycles. The standard InChI is InChI=1S/C13H15NO2/c1-3-9-4-5-10-7-11(8(2)13(15)16)14-12(10)6-9/h4-8,14H,3H2,1-2H3,(H,15,16). The highest BCUT2D eigenvalue weighted by atomic mass is 16.4. The third kappa shape index (κ3) is 1.81. The van der Waals surface area contributed by atoms with Crippen LogP contribution in [-0.2, 0) is 11.2 Å². The summed E-state index contributed by atoms with van der Waals surface area (Å²) in [4.78, 5) is 14.1. The molecule has 0 saturated heterocycles. The number of aliphatic carboxylic acids is 1. The molecule has 84 valence electrons. The van der Waals surface area contributed by atoms with Crippen LogP contribution in [0.25, 0.3) is 10.9 Å². The number of hydrogen-bond acceptors (Lipinski definition) is 1. The molecule has 3 heteroatoms. The molecule has 0 radical (unpaired) electrons. The monoisotopic (exact) mass is 217 g/mol. The van der Waals surface area contributed by atoms with E-state index in [1.54, 1.807) is 6.92 Å². The number of aromatic amines is 1. The largest absolute Gasteiger partial charge is 0.481 e. The summed E-state index contributed by atoms with van der Waals surface area (Å²) >= 11 is 0. The van der Waals surface area contributed by atoms with Gasteiger partial charge in [0.2, 0.25) is 0 Å². The van der Waals surface area contributed by atoms with Gasteiger partial charge in [0.1, 0.15) is 0 Å². The Morgan fingerprint density at radius 2 is 2.19 bits per heavy atom. The third-order valence-corrected chi connectivity index (χ3v) is 2.95. The van der Waals surface area contributed by atoms with Crippen LogP contribution >= 0.6 is 0 Å². The maximum Gasteiger partial charge on any atom is 0.312 e. The van der Waals surface area contributed by atoms with E-state index >= 15 is 0 Å². The van der Waals surface area contributed by atoms with E-state index in [1.165, 1.54) is 5.56 Å². The average molecular weight is 217 g/mol. The molecular formula is C13H15NO2. The van der Waals surface area contributed by atoms with Crippen molar-refractivity contribution in [1.29, 1.82) is 0 Å². The molecule has 1 aromatic heterocycles. The van der Waals surface area contributed by atoms with E-state index in [0.717, 1.165) is 23.0 Å². The molecule has 3 nitrogen and oxygen atoms in total. The first kappa shape index (κ1) is 10.7. The minimum atomic E-state index is -0.803. The number of carboxylic acids is 1. The second-order valence-electron chi connectivity index (χ2n) is 4.06. The van der Waals surface area contributed by atoms with Crippen LogP contribution in [0, 0.1) is 0 Å². The van der Waals surface area contributed by atoms with Gasteiger partial charge in [0.05, 0.1) is 5.92 Å². The molecule has 0 aliphatic rings. The Morgan fingerprint density at radius 3 is 2.81 bits per heavy atom. The number of carboxylic acid groups (broad SMARTS) is 1. The van der Waals surface area contributed by atoms with Crippen molar-refractivity contribution in [2.75, 3.05) is 0 Å². The SMILES string of the molecule is CCc1ccc2cc(C(C)C(=O)O)[nH]c2c1. The first-order valence-corrected chi connectivity index (χ1v) is 5.46. The summed E-state index contributed by atoms with van der Waals surface area (Å²) in [5.41, 5.74) is 3.03. The lowest BCUT2D eigenvalue weighted by Gasteiger charge is -2.01. The van der Waals surface area contributed by atoms with Crippen molar-refractivity contribution in [3.8, 4) is 0 Å². The molecule has 0 amide bonds. The maximum atomic E-state index is 10.9. The summed E-state index contributed by atoms with van der Waals surface area (Å²) in [6.07, 6.45) is 0.985. The van der Waals surface area contributed by atoms with Crippen molar-refractivity contribution in [3.63, 3.8) is 0 Å². The Morgan fingerprint density at radius 1 is 1.44 bits per heavy atom. The van der Waals surface area contributed by atoms with Crippen molar-refractivity contribution in [2.24, 2.45) is 0 Å². The van der Waals surface area contributed by atoms with Crippen LogP contribution in [0.2, 0.25) is 0 Å². The Balaban J connectivity index is 2.47. The van der Waals surface area contributed by atoms with Crippen LogP contribution in [0.1, 0.15) is 31.0 Å². The normalized spacial score (nSPS) is 12.9. The van der Waals surface area contributed by atoms with E-state index < -0.39 is 11.9 Å². The fourth-order valence-corrected chi connectivity index (χ4v) is 1.78. The summed E-state index contributed by atoms with van der Waals surface area (Å²) in [5, 5.41) is 10.0. The van der Waals surface area contributed by atoms with Gasteiger partial charge in [-0.3, -0.25) is 4.79 Å². The van der Waals surface area contributed by atoms with E-state index in [1.807, 2.05) is 12.1 Å². The van der Waals surface area contributed by atoms with Gasteiger partial charge in [0.25, 0.3) is 0 Å². The number of aromatic nitrogens is 1. The quantitative estimate of drug-likeness (QED) is 0.830. The first-order chi connectivity index (χ1) is 7.61. The molecule has 0 fully saturated rings. The van der Waals surface area contributed by atoms with Crippen LogP contribution in [0.15, 0.2) is 24.3 Å². The number of aryl methyl sites for hydroxylation is 1. The number of nitrogens with one attached hydrogen (secondary N) is 1. The van der Waals surface area contributed by atoms with Gasteiger partial charge in [-0.1, -0.05) is 19.1 Å². The van der Waals surface area contributed by atoms with E-state index in [4.69, 9.17) is 5.11 Å². The Hall–Kier alpha value is -1.77. The Labute approximate surface area is 94.1 Å². The van der Waals surface area contributed by atoms with Crippen LogP contribution in [0.3, 0.4) is 0 Å². The highest BCUT2D eigenvalue weighted by Crippen LogP contribution is 2.22. The van der Waals surface area contributed by atoms with Crippen molar-refractivity contribution >= 4 is 16.9 Å². The van der Waals surface area contributed by atoms with Gasteiger partial charge in [0, 0.05) is 11.2 Å². The van der Waals surface area contributed by atoms with Gasteiger partial charge in [-0.25, -0.2) is 0 Å². The fourth-order valence-electron chi connectivity index (χ4n) is 1.78. The summed E-state index contributed by atoms with van der Waals surface area (Å²) in [6, 6.07) is 8.09. The molecule has 1 atom stereocenters. The lowest BCUT2D eigenvalue weighted by Crippen LogP contribution is -2.07. The summed E-state index contributed by atoms with van der Waals surface area (Å²) < 4.78 is 0. The predicted molar refractivity (Wildman–Crippen MR) is 63.7 cm³/mol. The lowest BCUT2D eigenvalue weighted by atomic mass is 10.1. The van der Waals surface area contributed by atoms with E-state index in [2.05, 4.69) is 24.0 Å². The zero-order valence-electron chi connectivity index (χ0n) is 9.45. The zero-order valence-corrected chi connectivity index (χ0v) is 9.45. The molecule has 0 bridgehead atoms. The minimum Gasteiger partial charge on any atom is -0.481 e. The number of carbonyl (C=O) groups is 1. The van der Waals surface area contributed by atoms with Gasteiger partial charge < -0.3 is 10.1 Å². The molecule has 16 heavy (non-hydrogen) atoms. The molecule has 1 heterocycles. The summed E-state index contributed by atoms with van der Waals surface area (Å²) in [7, 11) is 0. The fraction of sp³-hybridized carbons (Fsp3) is 0.308. The van der Waals surface area contributed by atoms with E-state index in [-0.39, 0.29) is 0 Å². The molecule has 2 N–H and O–H groups in total. The Kier molecular flexibility index (Phi) is 2.69. The smallest absolute Gasteiger partial charge is 0.312 e. The number of rotatable bonds is 3. The average Bonchev–Trinajstić information content (AvgIpc) is 2.69. The van der Waals surface area contributed by atoms with Crippen molar-refractivity contribution < 1.29 is 9.90 Å². The molecule has 2 rings (SSSR count). The van der Waals surface area contributed by atoms with Gasteiger partial charge in [-0.05, 0) is 36.4 Å². The number of hydrogen-bond donors (Lipinski definition) is 2. The van der Waals surface area contributed by atoms with Crippen LogP contribution < -0.4 is 0 Å². The van der Waals surface area contributed by atoms with Crippen molar-refractivity contribution in [1.82, 2.24) is 4.98 Å². The minimum absolute atomic E-state index is 0.488. The highest BCUT2D eigenvalue weighted by molar-refractivity contribution is 5.84. The van der Waals surface area contributed by atoms with Crippen molar-refractivity contribution in [3.05, 3.63) is 35.5 Å². The second kappa shape index (κ2) is 4.00. The second-order valence-corrected chi connectivity index (χ2v) is 4.06. The summed E-state index contributed by atoms with van der Waals surface area (Å²) in [5.74, 6) is -1.29. The maximum absolute atomic E-state index is 10.9. The number of fused-ring (bicyclic) bond motifs is 1. The molecule has 0 spiro atoms. The predicted octanol–water partition coefficient (Wildman–Crippen LogP) is 2.92. The van der Waals surface area contributed by atoms with Gasteiger partial charge in [0.15, 0.2) is 0 Å². The highest BCUT2D eigenvalue weighted by Gasteiger charge is 2.15. The lowest BCUT2D eigenvalue weighted by molar-refractivity contribution is -0.138. The zero-order chi connectivity index (χ0) is 11.7. The number of H-pyrrole nitrogens is 1. The van der Waals surface area contributed by atoms with E-state index in [0.29, 0.717) is 0 Å². The number of benzene rings is 1.